The van der Waals surface area contributed by atoms with Gasteiger partial charge in [-0.05, 0) is 37.6 Å². The smallest absolute Gasteiger partial charge is 0.324 e. The largest absolute Gasteiger partial charge is 0.497 e. The van der Waals surface area contributed by atoms with E-state index in [9.17, 15) is 9.59 Å². The van der Waals surface area contributed by atoms with Gasteiger partial charge in [-0.25, -0.2) is 0 Å². The second kappa shape index (κ2) is 8.61. The molecule has 0 unspecified atom stereocenters. The van der Waals surface area contributed by atoms with Crippen LogP contribution in [0, 0.1) is 0 Å². The summed E-state index contributed by atoms with van der Waals surface area (Å²) in [5, 5.41) is 0.712. The second-order valence-electron chi connectivity index (χ2n) is 6.13. The minimum atomic E-state index is -1.20. The summed E-state index contributed by atoms with van der Waals surface area (Å²) in [7, 11) is 1.57. The van der Waals surface area contributed by atoms with Crippen molar-refractivity contribution < 1.29 is 23.8 Å². The molecule has 0 aliphatic heterocycles. The monoisotopic (exact) mass is 381 g/mol. The summed E-state index contributed by atoms with van der Waals surface area (Å²) < 4.78 is 15.8. The van der Waals surface area contributed by atoms with Gasteiger partial charge in [-0.3, -0.25) is 9.59 Å². The SMILES string of the molecule is CCOC(=O)C(C(=O)OCC)c1c(-c2ccccc2)[nH]c2ccc(OC)cc12. The number of carbonyl (C=O) groups is 2. The van der Waals surface area contributed by atoms with E-state index in [1.54, 1.807) is 27.0 Å². The van der Waals surface area contributed by atoms with Gasteiger partial charge in [0.1, 0.15) is 5.75 Å². The standard InChI is InChI=1S/C22H23NO5/c1-4-27-21(24)19(22(25)28-5-2)18-16-13-15(26-3)11-12-17(16)23-20(18)14-9-7-6-8-10-14/h6-13,19,23H,4-5H2,1-3H3. The van der Waals surface area contributed by atoms with E-state index < -0.39 is 17.9 Å². The van der Waals surface area contributed by atoms with E-state index in [2.05, 4.69) is 4.98 Å². The fourth-order valence-electron chi connectivity index (χ4n) is 3.23. The van der Waals surface area contributed by atoms with E-state index in [4.69, 9.17) is 14.2 Å². The van der Waals surface area contributed by atoms with E-state index in [0.29, 0.717) is 22.4 Å². The highest BCUT2D eigenvalue weighted by Gasteiger charge is 2.36. The van der Waals surface area contributed by atoms with Crippen LogP contribution >= 0.6 is 0 Å². The molecule has 0 bridgehead atoms. The Hall–Kier alpha value is -3.28. The lowest BCUT2D eigenvalue weighted by Gasteiger charge is -2.16. The second-order valence-corrected chi connectivity index (χ2v) is 6.13. The predicted molar refractivity (Wildman–Crippen MR) is 106 cm³/mol. The van der Waals surface area contributed by atoms with Gasteiger partial charge in [0, 0.05) is 16.5 Å². The number of fused-ring (bicyclic) bond motifs is 1. The van der Waals surface area contributed by atoms with Gasteiger partial charge in [-0.2, -0.15) is 0 Å². The van der Waals surface area contributed by atoms with E-state index in [1.165, 1.54) is 0 Å². The number of aromatic nitrogens is 1. The van der Waals surface area contributed by atoms with E-state index >= 15 is 0 Å². The Morgan fingerprint density at radius 2 is 1.61 bits per heavy atom. The number of carbonyl (C=O) groups excluding carboxylic acids is 2. The summed E-state index contributed by atoms with van der Waals surface area (Å²) in [5.41, 5.74) is 2.84. The molecule has 28 heavy (non-hydrogen) atoms. The van der Waals surface area contributed by atoms with Crippen LogP contribution in [0.5, 0.6) is 5.75 Å². The molecule has 0 aliphatic rings. The summed E-state index contributed by atoms with van der Waals surface area (Å²) in [6, 6.07) is 15.0. The number of benzene rings is 2. The Morgan fingerprint density at radius 3 is 2.18 bits per heavy atom. The Balaban J connectivity index is 2.30. The normalized spacial score (nSPS) is 10.9. The van der Waals surface area contributed by atoms with Gasteiger partial charge in [-0.1, -0.05) is 30.3 Å². The van der Waals surface area contributed by atoms with Crippen LogP contribution in [0.3, 0.4) is 0 Å². The van der Waals surface area contributed by atoms with Gasteiger partial charge in [-0.15, -0.1) is 0 Å². The lowest BCUT2D eigenvalue weighted by atomic mass is 9.93. The fourth-order valence-corrected chi connectivity index (χ4v) is 3.23. The number of methoxy groups -OCH3 is 1. The van der Waals surface area contributed by atoms with Gasteiger partial charge < -0.3 is 19.2 Å². The zero-order valence-electron chi connectivity index (χ0n) is 16.2. The van der Waals surface area contributed by atoms with Crippen molar-refractivity contribution in [1.29, 1.82) is 0 Å². The Labute approximate surface area is 163 Å². The molecule has 0 spiro atoms. The summed E-state index contributed by atoms with van der Waals surface area (Å²) >= 11 is 0. The minimum Gasteiger partial charge on any atom is -0.497 e. The molecule has 0 fully saturated rings. The van der Waals surface area contributed by atoms with Gasteiger partial charge in [0.05, 0.1) is 26.0 Å². The van der Waals surface area contributed by atoms with E-state index in [1.807, 2.05) is 42.5 Å². The van der Waals surface area contributed by atoms with Crippen molar-refractivity contribution >= 4 is 22.8 Å². The molecule has 1 aromatic heterocycles. The molecule has 0 amide bonds. The quantitative estimate of drug-likeness (QED) is 0.493. The Kier molecular flexibility index (Phi) is 5.99. The van der Waals surface area contributed by atoms with Crippen molar-refractivity contribution in [2.75, 3.05) is 20.3 Å². The van der Waals surface area contributed by atoms with Gasteiger partial charge >= 0.3 is 11.9 Å². The maximum absolute atomic E-state index is 12.8. The van der Waals surface area contributed by atoms with Crippen molar-refractivity contribution in [3.63, 3.8) is 0 Å². The molecular weight excluding hydrogens is 358 g/mol. The summed E-state index contributed by atoms with van der Waals surface area (Å²) in [6.07, 6.45) is 0. The molecule has 6 heteroatoms. The molecule has 0 aliphatic carbocycles. The number of rotatable bonds is 7. The molecule has 1 heterocycles. The average molecular weight is 381 g/mol. The number of esters is 2. The maximum Gasteiger partial charge on any atom is 0.324 e. The molecule has 146 valence electrons. The molecule has 2 aromatic carbocycles. The van der Waals surface area contributed by atoms with Crippen LogP contribution < -0.4 is 4.74 Å². The molecule has 0 saturated heterocycles. The van der Waals surface area contributed by atoms with Crippen LogP contribution in [0.1, 0.15) is 25.3 Å². The minimum absolute atomic E-state index is 0.168. The predicted octanol–water partition coefficient (Wildman–Crippen LogP) is 4.05. The van der Waals surface area contributed by atoms with Crippen LogP contribution in [0.25, 0.3) is 22.2 Å². The molecule has 1 N–H and O–H groups in total. The zero-order valence-corrected chi connectivity index (χ0v) is 16.2. The van der Waals surface area contributed by atoms with Crippen LogP contribution in [0.2, 0.25) is 0 Å². The number of nitrogens with one attached hydrogen (secondary N) is 1. The lowest BCUT2D eigenvalue weighted by Crippen LogP contribution is -2.26. The first kappa shape index (κ1) is 19.5. The Morgan fingerprint density at radius 1 is 0.964 bits per heavy atom. The first-order valence-corrected chi connectivity index (χ1v) is 9.19. The van der Waals surface area contributed by atoms with Crippen LogP contribution in [-0.4, -0.2) is 37.2 Å². The van der Waals surface area contributed by atoms with Crippen molar-refractivity contribution in [2.24, 2.45) is 0 Å². The summed E-state index contributed by atoms with van der Waals surface area (Å²) in [4.78, 5) is 28.9. The average Bonchev–Trinajstić information content (AvgIpc) is 3.07. The highest BCUT2D eigenvalue weighted by molar-refractivity contribution is 6.07. The molecule has 0 saturated carbocycles. The molecule has 0 radical (unpaired) electrons. The molecule has 3 aromatic rings. The van der Waals surface area contributed by atoms with E-state index in [0.717, 1.165) is 11.1 Å². The van der Waals surface area contributed by atoms with Gasteiger partial charge in [0.2, 0.25) is 0 Å². The third-order valence-corrected chi connectivity index (χ3v) is 4.44. The molecule has 0 atom stereocenters. The highest BCUT2D eigenvalue weighted by atomic mass is 16.6. The fraction of sp³-hybridized carbons (Fsp3) is 0.273. The highest BCUT2D eigenvalue weighted by Crippen LogP contribution is 2.38. The first-order chi connectivity index (χ1) is 13.6. The first-order valence-electron chi connectivity index (χ1n) is 9.19. The maximum atomic E-state index is 12.8. The van der Waals surface area contributed by atoms with Crippen molar-refractivity contribution in [3.05, 3.63) is 54.1 Å². The van der Waals surface area contributed by atoms with Crippen molar-refractivity contribution in [2.45, 2.75) is 19.8 Å². The molecular formula is C22H23NO5. The lowest BCUT2D eigenvalue weighted by molar-refractivity contribution is -0.156. The van der Waals surface area contributed by atoms with Crippen LogP contribution in [-0.2, 0) is 19.1 Å². The topological polar surface area (TPSA) is 77.6 Å². The number of hydrogen-bond acceptors (Lipinski definition) is 5. The van der Waals surface area contributed by atoms with E-state index in [-0.39, 0.29) is 13.2 Å². The third kappa shape index (κ3) is 3.71. The number of hydrogen-bond donors (Lipinski definition) is 1. The Bertz CT molecular complexity index is 959. The number of H-pyrrole nitrogens is 1. The zero-order chi connectivity index (χ0) is 20.1. The van der Waals surface area contributed by atoms with Crippen molar-refractivity contribution in [3.8, 4) is 17.0 Å². The third-order valence-electron chi connectivity index (χ3n) is 4.44. The summed E-state index contributed by atoms with van der Waals surface area (Å²) in [6.45, 7) is 3.75. The van der Waals surface area contributed by atoms with Gasteiger partial charge in [0.15, 0.2) is 5.92 Å². The van der Waals surface area contributed by atoms with Gasteiger partial charge in [0.25, 0.3) is 0 Å². The number of ether oxygens (including phenoxy) is 3. The molecule has 6 nitrogen and oxygen atoms in total. The number of aromatic amines is 1. The molecule has 3 rings (SSSR count). The van der Waals surface area contributed by atoms with Crippen LogP contribution in [0.4, 0.5) is 0 Å². The summed E-state index contributed by atoms with van der Waals surface area (Å²) in [5.74, 6) is -1.85. The van der Waals surface area contributed by atoms with Crippen LogP contribution in [0.15, 0.2) is 48.5 Å². The van der Waals surface area contributed by atoms with Crippen molar-refractivity contribution in [1.82, 2.24) is 4.98 Å².